The van der Waals surface area contributed by atoms with Gasteiger partial charge in [-0.1, -0.05) is 25.8 Å². The number of rotatable bonds is 5. The summed E-state index contributed by atoms with van der Waals surface area (Å²) in [6.07, 6.45) is 9.94. The Morgan fingerprint density at radius 3 is 2.94 bits per heavy atom. The molecule has 3 N–H and O–H groups in total. The number of guanidine groups is 1. The lowest BCUT2D eigenvalue weighted by Crippen LogP contribution is -2.34. The Morgan fingerprint density at radius 1 is 1.56 bits per heavy atom. The van der Waals surface area contributed by atoms with Gasteiger partial charge in [0.05, 0.1) is 5.70 Å². The Balaban J connectivity index is 2.51. The zero-order valence-corrected chi connectivity index (χ0v) is 10.2. The van der Waals surface area contributed by atoms with E-state index < -0.39 is 0 Å². The summed E-state index contributed by atoms with van der Waals surface area (Å²) in [5, 5.41) is 7.38. The molecule has 0 saturated carbocycles. The Bertz CT molecular complexity index is 293. The van der Waals surface area contributed by atoms with Crippen molar-refractivity contribution in [1.82, 2.24) is 9.80 Å². The molecular formula is C12H22N4. The minimum Gasteiger partial charge on any atom is -0.372 e. The van der Waals surface area contributed by atoms with E-state index in [9.17, 15) is 0 Å². The van der Waals surface area contributed by atoms with Gasteiger partial charge in [0, 0.05) is 26.3 Å². The normalized spacial score (nSPS) is 14.9. The molecule has 1 heterocycles. The van der Waals surface area contributed by atoms with Crippen LogP contribution in [0.2, 0.25) is 0 Å². The smallest absolute Gasteiger partial charge is 0.192 e. The summed E-state index contributed by atoms with van der Waals surface area (Å²) in [6.45, 7) is 4.24. The molecule has 0 aromatic rings. The highest BCUT2D eigenvalue weighted by molar-refractivity contribution is 5.76. The van der Waals surface area contributed by atoms with Crippen LogP contribution < -0.4 is 5.73 Å². The molecule has 0 radical (unpaired) electrons. The third kappa shape index (κ3) is 3.61. The molecule has 90 valence electrons. The molecule has 1 aliphatic rings. The number of unbranched alkanes of at least 4 members (excludes halogenated alkanes) is 2. The number of hydrogen-bond acceptors (Lipinski definition) is 2. The van der Waals surface area contributed by atoms with Crippen LogP contribution in [0.4, 0.5) is 0 Å². The van der Waals surface area contributed by atoms with Gasteiger partial charge in [0.15, 0.2) is 5.96 Å². The molecule has 0 aromatic carbocycles. The minimum atomic E-state index is 0.0753. The minimum absolute atomic E-state index is 0.0753. The van der Waals surface area contributed by atoms with Gasteiger partial charge in [0.1, 0.15) is 0 Å². The molecule has 0 spiro atoms. The van der Waals surface area contributed by atoms with E-state index in [4.69, 9.17) is 11.1 Å². The Morgan fingerprint density at radius 2 is 2.31 bits per heavy atom. The molecule has 4 nitrogen and oxygen atoms in total. The lowest BCUT2D eigenvalue weighted by Gasteiger charge is -2.27. The third-order valence-corrected chi connectivity index (χ3v) is 2.74. The summed E-state index contributed by atoms with van der Waals surface area (Å²) in [4.78, 5) is 3.95. The molecule has 16 heavy (non-hydrogen) atoms. The van der Waals surface area contributed by atoms with Crippen molar-refractivity contribution in [2.75, 3.05) is 20.1 Å². The first kappa shape index (κ1) is 12.6. The maximum Gasteiger partial charge on any atom is 0.192 e. The van der Waals surface area contributed by atoms with Gasteiger partial charge in [0.2, 0.25) is 0 Å². The van der Waals surface area contributed by atoms with Gasteiger partial charge < -0.3 is 15.5 Å². The average molecular weight is 222 g/mol. The maximum absolute atomic E-state index is 7.38. The second-order valence-corrected chi connectivity index (χ2v) is 4.10. The molecule has 1 aliphatic heterocycles. The molecule has 0 aliphatic carbocycles. The van der Waals surface area contributed by atoms with Crippen molar-refractivity contribution < 1.29 is 0 Å². The van der Waals surface area contributed by atoms with Crippen LogP contribution in [0.5, 0.6) is 0 Å². The highest BCUT2D eigenvalue weighted by Crippen LogP contribution is 2.11. The van der Waals surface area contributed by atoms with Gasteiger partial charge in [-0.15, -0.1) is 0 Å². The van der Waals surface area contributed by atoms with Crippen molar-refractivity contribution in [2.24, 2.45) is 5.73 Å². The van der Waals surface area contributed by atoms with E-state index in [-0.39, 0.29) is 5.96 Å². The van der Waals surface area contributed by atoms with E-state index in [1.807, 2.05) is 13.1 Å². The number of nitrogens with one attached hydrogen (secondary N) is 1. The van der Waals surface area contributed by atoms with E-state index in [0.717, 1.165) is 18.8 Å². The van der Waals surface area contributed by atoms with Crippen LogP contribution in [-0.2, 0) is 0 Å². The van der Waals surface area contributed by atoms with Crippen LogP contribution in [0.15, 0.2) is 24.0 Å². The summed E-state index contributed by atoms with van der Waals surface area (Å²) < 4.78 is 0. The second kappa shape index (κ2) is 6.20. The van der Waals surface area contributed by atoms with Gasteiger partial charge in [-0.2, -0.15) is 0 Å². The van der Waals surface area contributed by atoms with Gasteiger partial charge in [-0.3, -0.25) is 5.41 Å². The van der Waals surface area contributed by atoms with E-state index in [1.165, 1.54) is 19.3 Å². The molecule has 1 rings (SSSR count). The van der Waals surface area contributed by atoms with E-state index >= 15 is 0 Å². The topological polar surface area (TPSA) is 56.4 Å². The highest BCUT2D eigenvalue weighted by Gasteiger charge is 2.09. The predicted octanol–water partition coefficient (Wildman–Crippen LogP) is 1.72. The zero-order chi connectivity index (χ0) is 12.0. The molecular weight excluding hydrogens is 200 g/mol. The molecule has 0 saturated heterocycles. The van der Waals surface area contributed by atoms with Crippen molar-refractivity contribution >= 4 is 5.96 Å². The first-order chi connectivity index (χ1) is 7.65. The van der Waals surface area contributed by atoms with Crippen molar-refractivity contribution in [3.8, 4) is 0 Å². The largest absolute Gasteiger partial charge is 0.372 e. The zero-order valence-electron chi connectivity index (χ0n) is 10.2. The van der Waals surface area contributed by atoms with Crippen LogP contribution in [0, 0.1) is 5.41 Å². The quantitative estimate of drug-likeness (QED) is 0.423. The van der Waals surface area contributed by atoms with Gasteiger partial charge in [-0.05, 0) is 12.5 Å². The van der Waals surface area contributed by atoms with Gasteiger partial charge in [0.25, 0.3) is 0 Å². The summed E-state index contributed by atoms with van der Waals surface area (Å²) in [6, 6.07) is 0. The van der Waals surface area contributed by atoms with E-state index in [1.54, 1.807) is 4.90 Å². The number of nitrogens with zero attached hydrogens (tertiary/aromatic N) is 2. The molecule has 0 amide bonds. The molecule has 0 atom stereocenters. The third-order valence-electron chi connectivity index (χ3n) is 2.74. The summed E-state index contributed by atoms with van der Waals surface area (Å²) in [5.41, 5.74) is 6.43. The molecule has 0 bridgehead atoms. The van der Waals surface area contributed by atoms with Crippen LogP contribution in [0.1, 0.15) is 26.2 Å². The second-order valence-electron chi connectivity index (χ2n) is 4.10. The first-order valence-corrected chi connectivity index (χ1v) is 5.85. The number of likely N-dealkylation sites (N-methyl/N-ethyl adjacent to an activating group) is 1. The van der Waals surface area contributed by atoms with Crippen LogP contribution in [0.25, 0.3) is 0 Å². The maximum atomic E-state index is 7.38. The summed E-state index contributed by atoms with van der Waals surface area (Å²) >= 11 is 0. The van der Waals surface area contributed by atoms with Crippen LogP contribution in [-0.4, -0.2) is 35.9 Å². The van der Waals surface area contributed by atoms with Crippen LogP contribution in [0.3, 0.4) is 0 Å². The van der Waals surface area contributed by atoms with Crippen LogP contribution >= 0.6 is 0 Å². The predicted molar refractivity (Wildman–Crippen MR) is 68.0 cm³/mol. The fourth-order valence-corrected chi connectivity index (χ4v) is 1.65. The Hall–Kier alpha value is -1.45. The number of nitrogens with two attached hydrogens (primary N) is 1. The van der Waals surface area contributed by atoms with E-state index in [0.29, 0.717) is 0 Å². The van der Waals surface area contributed by atoms with Gasteiger partial charge >= 0.3 is 0 Å². The molecule has 0 fully saturated rings. The van der Waals surface area contributed by atoms with Gasteiger partial charge in [-0.25, -0.2) is 0 Å². The van der Waals surface area contributed by atoms with Crippen molar-refractivity contribution in [3.05, 3.63) is 24.0 Å². The standard InChI is InChI=1S/C12H22N4/c1-3-4-5-8-16-9-6-7-11(10-16)15(2)12(13)14/h6-7,10H,3-5,8-9H2,1-2H3,(H3,13,14). The molecule has 4 heteroatoms. The van der Waals surface area contributed by atoms with Crippen molar-refractivity contribution in [2.45, 2.75) is 26.2 Å². The number of hydrogen-bond donors (Lipinski definition) is 2. The average Bonchev–Trinajstić information content (AvgIpc) is 2.29. The van der Waals surface area contributed by atoms with Crippen molar-refractivity contribution in [1.29, 1.82) is 5.41 Å². The lowest BCUT2D eigenvalue weighted by molar-refractivity contribution is 0.383. The SMILES string of the molecule is CCCCCN1C=C(N(C)C(=N)N)C=CC1. The molecule has 0 aromatic heterocycles. The van der Waals surface area contributed by atoms with Crippen molar-refractivity contribution in [3.63, 3.8) is 0 Å². The summed E-state index contributed by atoms with van der Waals surface area (Å²) in [7, 11) is 1.81. The summed E-state index contributed by atoms with van der Waals surface area (Å²) in [5.74, 6) is 0.0753. The first-order valence-electron chi connectivity index (χ1n) is 5.85. The number of allylic oxidation sites excluding steroid dienone is 1. The lowest BCUT2D eigenvalue weighted by atomic mass is 10.2. The Kier molecular flexibility index (Phi) is 4.89. The fourth-order valence-electron chi connectivity index (χ4n) is 1.65. The monoisotopic (exact) mass is 222 g/mol. The van der Waals surface area contributed by atoms with E-state index in [2.05, 4.69) is 24.1 Å². The Labute approximate surface area is 97.9 Å². The fraction of sp³-hybridized carbons (Fsp3) is 0.583. The highest BCUT2D eigenvalue weighted by atomic mass is 15.2. The molecule has 0 unspecified atom stereocenters.